The molecule has 5 nitrogen and oxygen atoms in total. The van der Waals surface area contributed by atoms with Crippen LogP contribution in [0, 0.1) is 0 Å². The van der Waals surface area contributed by atoms with Crippen molar-refractivity contribution in [3.05, 3.63) is 35.9 Å². The van der Waals surface area contributed by atoms with E-state index < -0.39 is 16.1 Å². The highest BCUT2D eigenvalue weighted by atomic mass is 32.2. The molecule has 0 bridgehead atoms. The molecular formula is C13H18O5S. The topological polar surface area (TPSA) is 69.7 Å². The summed E-state index contributed by atoms with van der Waals surface area (Å²) in [4.78, 5) is 11.2. The molecule has 0 N–H and O–H groups in total. The molecule has 0 saturated heterocycles. The van der Waals surface area contributed by atoms with Crippen molar-refractivity contribution in [2.45, 2.75) is 19.8 Å². The summed E-state index contributed by atoms with van der Waals surface area (Å²) in [6.45, 7) is 2.06. The molecule has 0 fully saturated rings. The number of benzene rings is 1. The number of hydrogen-bond donors (Lipinski definition) is 0. The molecule has 0 unspecified atom stereocenters. The van der Waals surface area contributed by atoms with Crippen LogP contribution < -0.4 is 0 Å². The molecule has 1 rings (SSSR count). The van der Waals surface area contributed by atoms with E-state index >= 15 is 0 Å². The van der Waals surface area contributed by atoms with Crippen LogP contribution in [0.5, 0.6) is 0 Å². The number of rotatable bonds is 8. The Bertz CT molecular complexity index is 481. The lowest BCUT2D eigenvalue weighted by molar-refractivity contribution is -0.134. The van der Waals surface area contributed by atoms with Gasteiger partial charge in [-0.1, -0.05) is 30.3 Å². The van der Waals surface area contributed by atoms with Gasteiger partial charge in [-0.05, 0) is 18.9 Å². The Kier molecular flexibility index (Phi) is 6.52. The maximum absolute atomic E-state index is 11.2. The van der Waals surface area contributed by atoms with E-state index in [0.717, 1.165) is 12.0 Å². The maximum Gasteiger partial charge on any atom is 0.324 e. The molecule has 1 aromatic carbocycles. The van der Waals surface area contributed by atoms with Crippen LogP contribution in [0.4, 0.5) is 0 Å². The number of carbonyl (C=O) groups excluding carboxylic acids is 1. The van der Waals surface area contributed by atoms with Gasteiger partial charge in [-0.2, -0.15) is 8.42 Å². The smallest absolute Gasteiger partial charge is 0.324 e. The molecule has 1 aromatic rings. The summed E-state index contributed by atoms with van der Waals surface area (Å²) in [5.74, 6) is -0.991. The Morgan fingerprint density at radius 2 is 1.84 bits per heavy atom. The Hall–Kier alpha value is -1.40. The first-order valence-electron chi connectivity index (χ1n) is 6.10. The van der Waals surface area contributed by atoms with Gasteiger partial charge >= 0.3 is 16.1 Å². The zero-order valence-electron chi connectivity index (χ0n) is 10.9. The second kappa shape index (κ2) is 7.91. The van der Waals surface area contributed by atoms with Crippen molar-refractivity contribution < 1.29 is 22.1 Å². The minimum absolute atomic E-state index is 0.0615. The highest BCUT2D eigenvalue weighted by molar-refractivity contribution is 7.87. The number of carbonyl (C=O) groups is 1. The minimum Gasteiger partial charge on any atom is -0.381 e. The SMILES string of the molecule is CCS(=O)(=O)OC(=O)CCOCCc1ccccc1. The minimum atomic E-state index is -3.71. The summed E-state index contributed by atoms with van der Waals surface area (Å²) >= 11 is 0. The van der Waals surface area contributed by atoms with Crippen LogP contribution >= 0.6 is 0 Å². The van der Waals surface area contributed by atoms with E-state index in [-0.39, 0.29) is 18.8 Å². The average Bonchev–Trinajstić information content (AvgIpc) is 2.39. The van der Waals surface area contributed by atoms with Crippen molar-refractivity contribution in [3.63, 3.8) is 0 Å². The van der Waals surface area contributed by atoms with Crippen molar-refractivity contribution >= 4 is 16.1 Å². The molecule has 0 amide bonds. The van der Waals surface area contributed by atoms with Crippen LogP contribution in [-0.2, 0) is 30.3 Å². The van der Waals surface area contributed by atoms with Crippen LogP contribution in [0.2, 0.25) is 0 Å². The van der Waals surface area contributed by atoms with Gasteiger partial charge in [0.05, 0.1) is 25.4 Å². The van der Waals surface area contributed by atoms with Gasteiger partial charge in [0.2, 0.25) is 0 Å². The predicted octanol–water partition coefficient (Wildman–Crippen LogP) is 1.53. The highest BCUT2D eigenvalue weighted by Crippen LogP contribution is 2.01. The lowest BCUT2D eigenvalue weighted by atomic mass is 10.2. The van der Waals surface area contributed by atoms with Crippen LogP contribution in [-0.4, -0.2) is 33.4 Å². The Morgan fingerprint density at radius 3 is 2.47 bits per heavy atom. The molecule has 0 radical (unpaired) electrons. The van der Waals surface area contributed by atoms with Crippen molar-refractivity contribution in [2.24, 2.45) is 0 Å². The zero-order chi connectivity index (χ0) is 14.1. The number of hydrogen-bond acceptors (Lipinski definition) is 5. The van der Waals surface area contributed by atoms with E-state index in [0.29, 0.717) is 6.61 Å². The third kappa shape index (κ3) is 6.93. The largest absolute Gasteiger partial charge is 0.381 e. The lowest BCUT2D eigenvalue weighted by Gasteiger charge is -2.05. The zero-order valence-corrected chi connectivity index (χ0v) is 11.7. The molecule has 0 spiro atoms. The molecule has 0 aliphatic heterocycles. The third-order valence-electron chi connectivity index (χ3n) is 2.40. The van der Waals surface area contributed by atoms with E-state index in [1.807, 2.05) is 30.3 Å². The van der Waals surface area contributed by atoms with Gasteiger partial charge in [-0.3, -0.25) is 4.79 Å². The highest BCUT2D eigenvalue weighted by Gasteiger charge is 2.13. The fourth-order valence-corrected chi connectivity index (χ4v) is 1.82. The second-order valence-electron chi connectivity index (χ2n) is 3.90. The van der Waals surface area contributed by atoms with Gasteiger partial charge in [0.25, 0.3) is 0 Å². The average molecular weight is 286 g/mol. The Morgan fingerprint density at radius 1 is 1.16 bits per heavy atom. The van der Waals surface area contributed by atoms with E-state index in [4.69, 9.17) is 4.74 Å². The molecule has 0 aliphatic rings. The van der Waals surface area contributed by atoms with Crippen LogP contribution in [0.15, 0.2) is 30.3 Å². The van der Waals surface area contributed by atoms with Crippen molar-refractivity contribution in [1.29, 1.82) is 0 Å². The fourth-order valence-electron chi connectivity index (χ4n) is 1.33. The van der Waals surface area contributed by atoms with Gasteiger partial charge in [0, 0.05) is 0 Å². The van der Waals surface area contributed by atoms with Crippen LogP contribution in [0.1, 0.15) is 18.9 Å². The molecule has 0 aliphatic carbocycles. The summed E-state index contributed by atoms with van der Waals surface area (Å²) in [5.41, 5.74) is 1.15. The summed E-state index contributed by atoms with van der Waals surface area (Å²) in [6, 6.07) is 9.82. The summed E-state index contributed by atoms with van der Waals surface area (Å²) in [7, 11) is -3.71. The summed E-state index contributed by atoms with van der Waals surface area (Å²) in [5, 5.41) is 0. The molecule has 6 heteroatoms. The Labute approximate surface area is 113 Å². The second-order valence-corrected chi connectivity index (χ2v) is 5.76. The van der Waals surface area contributed by atoms with Gasteiger partial charge in [0.1, 0.15) is 0 Å². The maximum atomic E-state index is 11.2. The van der Waals surface area contributed by atoms with E-state index in [2.05, 4.69) is 4.18 Å². The van der Waals surface area contributed by atoms with Gasteiger partial charge in [0.15, 0.2) is 0 Å². The molecule has 0 atom stereocenters. The van der Waals surface area contributed by atoms with Crippen LogP contribution in [0.25, 0.3) is 0 Å². The molecule has 0 heterocycles. The third-order valence-corrected chi connectivity index (χ3v) is 3.55. The predicted molar refractivity (Wildman–Crippen MR) is 71.1 cm³/mol. The van der Waals surface area contributed by atoms with Crippen LogP contribution in [0.3, 0.4) is 0 Å². The van der Waals surface area contributed by atoms with Crippen molar-refractivity contribution in [1.82, 2.24) is 0 Å². The standard InChI is InChI=1S/C13H18O5S/c1-2-19(15,16)18-13(14)9-11-17-10-8-12-6-4-3-5-7-12/h3-7H,2,8-11H2,1H3. The van der Waals surface area contributed by atoms with E-state index in [9.17, 15) is 13.2 Å². The van der Waals surface area contributed by atoms with Crippen molar-refractivity contribution in [3.8, 4) is 0 Å². The van der Waals surface area contributed by atoms with Gasteiger partial charge < -0.3 is 8.92 Å². The number of ether oxygens (including phenoxy) is 1. The lowest BCUT2D eigenvalue weighted by Crippen LogP contribution is -2.16. The summed E-state index contributed by atoms with van der Waals surface area (Å²) < 4.78 is 31.6. The summed E-state index contributed by atoms with van der Waals surface area (Å²) in [6.07, 6.45) is 0.692. The van der Waals surface area contributed by atoms with Crippen molar-refractivity contribution in [2.75, 3.05) is 19.0 Å². The first kappa shape index (κ1) is 15.7. The quantitative estimate of drug-likeness (QED) is 0.535. The fraction of sp³-hybridized carbons (Fsp3) is 0.462. The molecule has 0 aromatic heterocycles. The van der Waals surface area contributed by atoms with E-state index in [1.165, 1.54) is 6.92 Å². The normalized spacial score (nSPS) is 11.2. The van der Waals surface area contributed by atoms with Gasteiger partial charge in [-0.15, -0.1) is 0 Å². The molecule has 106 valence electrons. The first-order chi connectivity index (χ1) is 9.03. The Balaban J connectivity index is 2.13. The molecule has 19 heavy (non-hydrogen) atoms. The monoisotopic (exact) mass is 286 g/mol. The van der Waals surface area contributed by atoms with Gasteiger partial charge in [-0.25, -0.2) is 0 Å². The van der Waals surface area contributed by atoms with E-state index in [1.54, 1.807) is 0 Å². The molecule has 0 saturated carbocycles. The first-order valence-corrected chi connectivity index (χ1v) is 7.68. The molecular weight excluding hydrogens is 268 g/mol.